The van der Waals surface area contributed by atoms with Crippen LogP contribution in [0.4, 0.5) is 4.79 Å². The number of carbonyl (C=O) groups excluding carboxylic acids is 2. The van der Waals surface area contributed by atoms with Gasteiger partial charge in [0.05, 0.1) is 11.4 Å². The maximum absolute atomic E-state index is 11.9. The molecule has 0 spiro atoms. The third-order valence-corrected chi connectivity index (χ3v) is 3.83. The van der Waals surface area contributed by atoms with Crippen LogP contribution in [0.5, 0.6) is 0 Å². The van der Waals surface area contributed by atoms with Crippen molar-refractivity contribution in [1.29, 1.82) is 0 Å². The maximum Gasteiger partial charge on any atom is 0.294 e. The molecule has 2 heterocycles. The van der Waals surface area contributed by atoms with E-state index in [1.54, 1.807) is 13.0 Å². The Morgan fingerprint density at radius 2 is 2.29 bits per heavy atom. The summed E-state index contributed by atoms with van der Waals surface area (Å²) in [6, 6.07) is 3.81. The molecule has 3 nitrogen and oxygen atoms in total. The summed E-state index contributed by atoms with van der Waals surface area (Å²) >= 11 is 2.50. The van der Waals surface area contributed by atoms with Crippen LogP contribution in [-0.4, -0.2) is 22.6 Å². The van der Waals surface area contributed by atoms with Crippen LogP contribution in [0.2, 0.25) is 0 Å². The molecule has 17 heavy (non-hydrogen) atoms. The number of carbonyl (C=O) groups is 2. The lowest BCUT2D eigenvalue weighted by Gasteiger charge is -2.06. The minimum absolute atomic E-state index is 0.170. The molecule has 2 amide bonds. The molecule has 1 aromatic heterocycles. The van der Waals surface area contributed by atoms with Crippen molar-refractivity contribution in [2.75, 3.05) is 6.54 Å². The molecule has 86 valence electrons. The van der Waals surface area contributed by atoms with Gasteiger partial charge in [-0.05, 0) is 36.2 Å². The Morgan fingerprint density at radius 1 is 1.47 bits per heavy atom. The van der Waals surface area contributed by atoms with Crippen molar-refractivity contribution in [2.45, 2.75) is 6.92 Å². The van der Waals surface area contributed by atoms with E-state index in [1.165, 1.54) is 16.2 Å². The zero-order chi connectivity index (χ0) is 12.3. The van der Waals surface area contributed by atoms with Crippen LogP contribution >= 0.6 is 23.1 Å². The van der Waals surface area contributed by atoms with Crippen molar-refractivity contribution in [3.63, 3.8) is 0 Å². The topological polar surface area (TPSA) is 37.4 Å². The highest BCUT2D eigenvalue weighted by Crippen LogP contribution is 2.32. The first-order valence-electron chi connectivity index (χ1n) is 4.91. The largest absolute Gasteiger partial charge is 0.294 e. The van der Waals surface area contributed by atoms with Crippen LogP contribution in [0.15, 0.2) is 22.4 Å². The number of hydrogen-bond donors (Lipinski definition) is 0. The van der Waals surface area contributed by atoms with Gasteiger partial charge in [-0.25, -0.2) is 0 Å². The van der Waals surface area contributed by atoms with Crippen LogP contribution < -0.4 is 0 Å². The standard InChI is InChI=1S/C12H9NO2S2/c1-2-3-6-13-11(14)10(17-12(13)15)8-9-5-4-7-16-9/h4-5,7-8H,6H2,1H3. The smallest absolute Gasteiger partial charge is 0.268 e. The quantitative estimate of drug-likeness (QED) is 0.608. The fourth-order valence-corrected chi connectivity index (χ4v) is 2.86. The Hall–Kier alpha value is -1.51. The lowest BCUT2D eigenvalue weighted by Crippen LogP contribution is -2.28. The zero-order valence-corrected chi connectivity index (χ0v) is 10.7. The van der Waals surface area contributed by atoms with Gasteiger partial charge in [-0.1, -0.05) is 12.0 Å². The fourth-order valence-electron chi connectivity index (χ4n) is 1.30. The van der Waals surface area contributed by atoms with E-state index in [1.807, 2.05) is 17.5 Å². The van der Waals surface area contributed by atoms with E-state index < -0.39 is 0 Å². The van der Waals surface area contributed by atoms with Gasteiger partial charge in [0.15, 0.2) is 0 Å². The lowest BCUT2D eigenvalue weighted by atomic mass is 10.3. The highest BCUT2D eigenvalue weighted by molar-refractivity contribution is 8.18. The second-order valence-corrected chi connectivity index (χ2v) is 5.18. The molecule has 0 radical (unpaired) electrons. The first-order chi connectivity index (χ1) is 8.22. The molecule has 0 bridgehead atoms. The number of rotatable bonds is 2. The Labute approximate surface area is 108 Å². The van der Waals surface area contributed by atoms with Crippen LogP contribution in [0.3, 0.4) is 0 Å². The summed E-state index contributed by atoms with van der Waals surface area (Å²) in [6.45, 7) is 1.85. The third-order valence-electron chi connectivity index (χ3n) is 2.10. The Kier molecular flexibility index (Phi) is 3.67. The van der Waals surface area contributed by atoms with Crippen LogP contribution in [0, 0.1) is 11.8 Å². The summed E-state index contributed by atoms with van der Waals surface area (Å²) in [6.07, 6.45) is 1.74. The van der Waals surface area contributed by atoms with E-state index >= 15 is 0 Å². The van der Waals surface area contributed by atoms with E-state index in [0.29, 0.717) is 4.91 Å². The van der Waals surface area contributed by atoms with Crippen molar-refractivity contribution >= 4 is 40.3 Å². The van der Waals surface area contributed by atoms with E-state index in [0.717, 1.165) is 16.6 Å². The van der Waals surface area contributed by atoms with Gasteiger partial charge in [0.25, 0.3) is 11.1 Å². The monoisotopic (exact) mass is 263 g/mol. The fraction of sp³-hybridized carbons (Fsp3) is 0.167. The first-order valence-corrected chi connectivity index (χ1v) is 6.60. The summed E-state index contributed by atoms with van der Waals surface area (Å²) in [5, 5.41) is 1.68. The van der Waals surface area contributed by atoms with Crippen LogP contribution in [0.25, 0.3) is 6.08 Å². The molecule has 1 aliphatic heterocycles. The second-order valence-electron chi connectivity index (χ2n) is 3.21. The molecule has 2 rings (SSSR count). The molecule has 1 fully saturated rings. The first kappa shape index (κ1) is 12.0. The number of amides is 2. The summed E-state index contributed by atoms with van der Waals surface area (Å²) in [5.74, 6) is 5.15. The molecule has 0 saturated carbocycles. The van der Waals surface area contributed by atoms with Gasteiger partial charge in [0.2, 0.25) is 0 Å². The van der Waals surface area contributed by atoms with Gasteiger partial charge in [0, 0.05) is 4.88 Å². The predicted octanol–water partition coefficient (Wildman–Crippen LogP) is 2.81. The number of hydrogen-bond acceptors (Lipinski definition) is 4. The minimum atomic E-state index is -0.254. The number of thiophene rings is 1. The van der Waals surface area contributed by atoms with Gasteiger partial charge in [-0.2, -0.15) is 0 Å². The molecule has 0 N–H and O–H groups in total. The number of thioether (sulfide) groups is 1. The summed E-state index contributed by atoms with van der Waals surface area (Å²) < 4.78 is 0. The minimum Gasteiger partial charge on any atom is -0.268 e. The molecule has 1 aromatic rings. The highest BCUT2D eigenvalue weighted by atomic mass is 32.2. The van der Waals surface area contributed by atoms with Crippen molar-refractivity contribution in [3.8, 4) is 11.8 Å². The third kappa shape index (κ3) is 2.60. The second kappa shape index (κ2) is 5.21. The van der Waals surface area contributed by atoms with E-state index in [2.05, 4.69) is 11.8 Å². The molecule has 0 aliphatic carbocycles. The summed E-state index contributed by atoms with van der Waals surface area (Å²) in [7, 11) is 0. The normalized spacial score (nSPS) is 17.5. The van der Waals surface area contributed by atoms with E-state index in [9.17, 15) is 9.59 Å². The summed E-state index contributed by atoms with van der Waals surface area (Å²) in [5.41, 5.74) is 0. The van der Waals surface area contributed by atoms with Gasteiger partial charge in [-0.15, -0.1) is 17.3 Å². The zero-order valence-electron chi connectivity index (χ0n) is 9.10. The van der Waals surface area contributed by atoms with Crippen molar-refractivity contribution in [1.82, 2.24) is 4.90 Å². The summed E-state index contributed by atoms with van der Waals surface area (Å²) in [4.78, 5) is 26.1. The van der Waals surface area contributed by atoms with E-state index in [-0.39, 0.29) is 17.7 Å². The Bertz CT molecular complexity index is 535. The molecular weight excluding hydrogens is 254 g/mol. The maximum atomic E-state index is 11.9. The predicted molar refractivity (Wildman–Crippen MR) is 70.4 cm³/mol. The average molecular weight is 263 g/mol. The van der Waals surface area contributed by atoms with Crippen LogP contribution in [0.1, 0.15) is 11.8 Å². The Balaban J connectivity index is 2.20. The lowest BCUT2D eigenvalue weighted by molar-refractivity contribution is -0.122. The highest BCUT2D eigenvalue weighted by Gasteiger charge is 2.34. The number of imide groups is 1. The van der Waals surface area contributed by atoms with Crippen molar-refractivity contribution in [3.05, 3.63) is 27.3 Å². The molecule has 0 aromatic carbocycles. The number of nitrogens with zero attached hydrogens (tertiary/aromatic N) is 1. The average Bonchev–Trinajstić information content (AvgIpc) is 2.89. The van der Waals surface area contributed by atoms with Gasteiger partial charge < -0.3 is 0 Å². The Morgan fingerprint density at radius 3 is 2.94 bits per heavy atom. The van der Waals surface area contributed by atoms with Crippen molar-refractivity contribution < 1.29 is 9.59 Å². The molecular formula is C12H9NO2S2. The van der Waals surface area contributed by atoms with Gasteiger partial charge in [-0.3, -0.25) is 14.5 Å². The van der Waals surface area contributed by atoms with E-state index in [4.69, 9.17) is 0 Å². The molecule has 0 unspecified atom stereocenters. The van der Waals surface area contributed by atoms with Gasteiger partial charge in [0.1, 0.15) is 0 Å². The van der Waals surface area contributed by atoms with Gasteiger partial charge >= 0.3 is 0 Å². The SMILES string of the molecule is CC#CCN1C(=O)SC(=Cc2cccs2)C1=O. The molecule has 1 aliphatic rings. The molecule has 5 heteroatoms. The van der Waals surface area contributed by atoms with Crippen LogP contribution in [-0.2, 0) is 4.79 Å². The molecule has 0 atom stereocenters. The molecule has 1 saturated heterocycles. The van der Waals surface area contributed by atoms with Crippen molar-refractivity contribution in [2.24, 2.45) is 0 Å².